The van der Waals surface area contributed by atoms with Gasteiger partial charge in [0.1, 0.15) is 5.75 Å². The molecule has 0 spiro atoms. The largest absolute Gasteiger partial charge is 0.494 e. The fourth-order valence-electron chi connectivity index (χ4n) is 2.71. The first-order chi connectivity index (χ1) is 11.2. The van der Waals surface area contributed by atoms with Crippen molar-refractivity contribution in [2.24, 2.45) is 5.92 Å². The topological polar surface area (TPSA) is 51.2 Å². The Bertz CT molecular complexity index is 696. The number of thiazole rings is 1. The van der Waals surface area contributed by atoms with Crippen LogP contribution >= 0.6 is 11.3 Å². The van der Waals surface area contributed by atoms with E-state index in [1.807, 2.05) is 12.1 Å². The summed E-state index contributed by atoms with van der Waals surface area (Å²) < 4.78 is 5.58. The summed E-state index contributed by atoms with van der Waals surface area (Å²) in [4.78, 5) is 18.3. The summed E-state index contributed by atoms with van der Waals surface area (Å²) in [7, 11) is 0. The van der Waals surface area contributed by atoms with E-state index in [9.17, 15) is 4.79 Å². The molecule has 3 rings (SSSR count). The van der Waals surface area contributed by atoms with Gasteiger partial charge in [-0.1, -0.05) is 19.9 Å². The number of nitrogens with one attached hydrogen (secondary N) is 1. The predicted octanol–water partition coefficient (Wildman–Crippen LogP) is 4.31. The summed E-state index contributed by atoms with van der Waals surface area (Å²) in [5.74, 6) is 1.30. The van der Waals surface area contributed by atoms with Gasteiger partial charge in [0.15, 0.2) is 5.13 Å². The lowest BCUT2D eigenvalue weighted by molar-refractivity contribution is 0.102. The van der Waals surface area contributed by atoms with Crippen molar-refractivity contribution in [3.8, 4) is 5.75 Å². The van der Waals surface area contributed by atoms with Gasteiger partial charge in [-0.25, -0.2) is 4.98 Å². The Hall–Kier alpha value is -1.88. The molecule has 1 amide bonds. The van der Waals surface area contributed by atoms with Crippen molar-refractivity contribution in [2.75, 3.05) is 11.9 Å². The highest BCUT2D eigenvalue weighted by Gasteiger charge is 2.20. The number of rotatable bonds is 5. The SMILES string of the molecule is CCCOc1cccc(C(=O)Nc2nc3c(s2)C[C@@H](C)CC3)c1. The van der Waals surface area contributed by atoms with Gasteiger partial charge < -0.3 is 4.74 Å². The fraction of sp³-hybridized carbons (Fsp3) is 0.444. The molecule has 1 aliphatic rings. The summed E-state index contributed by atoms with van der Waals surface area (Å²) in [6.07, 6.45) is 4.22. The summed E-state index contributed by atoms with van der Waals surface area (Å²) in [6, 6.07) is 7.29. The number of ether oxygens (including phenoxy) is 1. The van der Waals surface area contributed by atoms with E-state index in [1.54, 1.807) is 23.5 Å². The van der Waals surface area contributed by atoms with Crippen molar-refractivity contribution >= 4 is 22.4 Å². The summed E-state index contributed by atoms with van der Waals surface area (Å²) in [5.41, 5.74) is 1.75. The average molecular weight is 330 g/mol. The molecule has 1 atom stereocenters. The van der Waals surface area contributed by atoms with Crippen LogP contribution in [0.5, 0.6) is 5.75 Å². The molecule has 122 valence electrons. The highest BCUT2D eigenvalue weighted by molar-refractivity contribution is 7.15. The van der Waals surface area contributed by atoms with Crippen molar-refractivity contribution in [2.45, 2.75) is 39.5 Å². The predicted molar refractivity (Wildman–Crippen MR) is 93.5 cm³/mol. The van der Waals surface area contributed by atoms with E-state index in [0.29, 0.717) is 23.2 Å². The van der Waals surface area contributed by atoms with Crippen LogP contribution in [0.4, 0.5) is 5.13 Å². The Morgan fingerprint density at radius 3 is 3.17 bits per heavy atom. The van der Waals surface area contributed by atoms with Crippen LogP contribution in [0.15, 0.2) is 24.3 Å². The van der Waals surface area contributed by atoms with E-state index in [2.05, 4.69) is 24.1 Å². The van der Waals surface area contributed by atoms with E-state index in [4.69, 9.17) is 4.74 Å². The third-order valence-electron chi connectivity index (χ3n) is 3.98. The third-order valence-corrected chi connectivity index (χ3v) is 5.01. The molecule has 0 unspecified atom stereocenters. The van der Waals surface area contributed by atoms with E-state index >= 15 is 0 Å². The van der Waals surface area contributed by atoms with Crippen LogP contribution in [-0.4, -0.2) is 17.5 Å². The van der Waals surface area contributed by atoms with Crippen molar-refractivity contribution < 1.29 is 9.53 Å². The van der Waals surface area contributed by atoms with Gasteiger partial charge in [0.2, 0.25) is 0 Å². The van der Waals surface area contributed by atoms with Crippen molar-refractivity contribution in [3.05, 3.63) is 40.4 Å². The first-order valence-electron chi connectivity index (χ1n) is 8.18. The Labute approximate surface area is 140 Å². The monoisotopic (exact) mass is 330 g/mol. The van der Waals surface area contributed by atoms with Crippen LogP contribution < -0.4 is 10.1 Å². The molecular weight excluding hydrogens is 308 g/mol. The molecule has 1 N–H and O–H groups in total. The van der Waals surface area contributed by atoms with Crippen LogP contribution in [-0.2, 0) is 12.8 Å². The zero-order valence-corrected chi connectivity index (χ0v) is 14.4. The zero-order chi connectivity index (χ0) is 16.2. The average Bonchev–Trinajstić information content (AvgIpc) is 2.94. The maximum absolute atomic E-state index is 12.4. The fourth-order valence-corrected chi connectivity index (χ4v) is 3.88. The maximum Gasteiger partial charge on any atom is 0.257 e. The smallest absolute Gasteiger partial charge is 0.257 e. The van der Waals surface area contributed by atoms with Crippen LogP contribution in [0.1, 0.15) is 47.6 Å². The summed E-state index contributed by atoms with van der Waals surface area (Å²) in [6.45, 7) is 4.98. The molecule has 0 fully saturated rings. The second kappa shape index (κ2) is 7.13. The van der Waals surface area contributed by atoms with Crippen LogP contribution in [0, 0.1) is 5.92 Å². The second-order valence-corrected chi connectivity index (χ2v) is 7.15. The number of benzene rings is 1. The molecule has 0 aliphatic heterocycles. The van der Waals surface area contributed by atoms with E-state index in [0.717, 1.165) is 30.7 Å². The standard InChI is InChI=1S/C18H22N2O2S/c1-3-9-22-14-6-4-5-13(11-14)17(21)20-18-19-15-8-7-12(2)10-16(15)23-18/h4-6,11-12H,3,7-10H2,1-2H3,(H,19,20,21)/t12-/m0/s1. The van der Waals surface area contributed by atoms with Gasteiger partial charge in [0, 0.05) is 10.4 Å². The Morgan fingerprint density at radius 1 is 1.48 bits per heavy atom. The number of hydrogen-bond acceptors (Lipinski definition) is 4. The lowest BCUT2D eigenvalue weighted by Crippen LogP contribution is -2.12. The molecule has 0 saturated carbocycles. The molecule has 1 aromatic heterocycles. The Kier molecular flexibility index (Phi) is 4.96. The van der Waals surface area contributed by atoms with E-state index in [-0.39, 0.29) is 5.91 Å². The minimum atomic E-state index is -0.133. The summed E-state index contributed by atoms with van der Waals surface area (Å²) in [5, 5.41) is 3.63. The summed E-state index contributed by atoms with van der Waals surface area (Å²) >= 11 is 1.61. The highest BCUT2D eigenvalue weighted by atomic mass is 32.1. The Morgan fingerprint density at radius 2 is 2.35 bits per heavy atom. The number of amides is 1. The molecule has 4 nitrogen and oxygen atoms in total. The molecule has 0 bridgehead atoms. The van der Waals surface area contributed by atoms with Crippen molar-refractivity contribution in [3.63, 3.8) is 0 Å². The molecule has 23 heavy (non-hydrogen) atoms. The molecule has 2 aromatic rings. The molecule has 5 heteroatoms. The minimum Gasteiger partial charge on any atom is -0.494 e. The molecule has 1 heterocycles. The van der Waals surface area contributed by atoms with Gasteiger partial charge in [-0.15, -0.1) is 11.3 Å². The Balaban J connectivity index is 1.69. The van der Waals surface area contributed by atoms with Gasteiger partial charge in [0.25, 0.3) is 5.91 Å². The van der Waals surface area contributed by atoms with Crippen LogP contribution in [0.3, 0.4) is 0 Å². The van der Waals surface area contributed by atoms with Gasteiger partial charge in [-0.05, 0) is 49.8 Å². The molecule has 1 aromatic carbocycles. The molecular formula is C18H22N2O2S. The second-order valence-electron chi connectivity index (χ2n) is 6.07. The van der Waals surface area contributed by atoms with Crippen LogP contribution in [0.25, 0.3) is 0 Å². The van der Waals surface area contributed by atoms with Gasteiger partial charge in [0.05, 0.1) is 12.3 Å². The maximum atomic E-state index is 12.4. The lowest BCUT2D eigenvalue weighted by atomic mass is 9.93. The number of aryl methyl sites for hydroxylation is 1. The van der Waals surface area contributed by atoms with E-state index in [1.165, 1.54) is 11.3 Å². The molecule has 0 saturated heterocycles. The van der Waals surface area contributed by atoms with Crippen molar-refractivity contribution in [1.29, 1.82) is 0 Å². The molecule has 0 radical (unpaired) electrons. The van der Waals surface area contributed by atoms with Gasteiger partial charge in [-0.3, -0.25) is 10.1 Å². The first kappa shape index (κ1) is 16.0. The quantitative estimate of drug-likeness (QED) is 0.889. The lowest BCUT2D eigenvalue weighted by Gasteiger charge is -2.15. The zero-order valence-electron chi connectivity index (χ0n) is 13.6. The number of aromatic nitrogens is 1. The number of carbonyl (C=O) groups is 1. The van der Waals surface area contributed by atoms with Crippen molar-refractivity contribution in [1.82, 2.24) is 4.98 Å². The van der Waals surface area contributed by atoms with Gasteiger partial charge in [-0.2, -0.15) is 0 Å². The van der Waals surface area contributed by atoms with E-state index < -0.39 is 0 Å². The minimum absolute atomic E-state index is 0.133. The number of anilines is 1. The first-order valence-corrected chi connectivity index (χ1v) is 9.00. The number of carbonyl (C=O) groups excluding carboxylic acids is 1. The molecule has 1 aliphatic carbocycles. The number of fused-ring (bicyclic) bond motifs is 1. The van der Waals surface area contributed by atoms with Crippen LogP contribution in [0.2, 0.25) is 0 Å². The van der Waals surface area contributed by atoms with Gasteiger partial charge >= 0.3 is 0 Å². The highest BCUT2D eigenvalue weighted by Crippen LogP contribution is 2.32. The number of hydrogen-bond donors (Lipinski definition) is 1. The normalized spacial score (nSPS) is 16.7. The third kappa shape index (κ3) is 3.91. The number of nitrogens with zero attached hydrogens (tertiary/aromatic N) is 1.